The second-order valence-electron chi connectivity index (χ2n) is 7.51. The molecule has 1 aromatic carbocycles. The molecule has 0 spiro atoms. The smallest absolute Gasteiger partial charge is 0.213 e. The van der Waals surface area contributed by atoms with Crippen LogP contribution in [0.3, 0.4) is 0 Å². The zero-order valence-corrected chi connectivity index (χ0v) is 18.4. The molecule has 3 aromatic rings. The van der Waals surface area contributed by atoms with Crippen LogP contribution >= 0.6 is 11.6 Å². The Morgan fingerprint density at radius 1 is 1.29 bits per heavy atom. The van der Waals surface area contributed by atoms with Gasteiger partial charge in [-0.2, -0.15) is 5.26 Å². The van der Waals surface area contributed by atoms with Crippen LogP contribution in [0.15, 0.2) is 33.8 Å². The lowest BCUT2D eigenvalue weighted by atomic mass is 10.2. The zero-order chi connectivity index (χ0) is 22.0. The van der Waals surface area contributed by atoms with Gasteiger partial charge in [0.1, 0.15) is 17.2 Å². The van der Waals surface area contributed by atoms with Crippen molar-refractivity contribution in [2.24, 2.45) is 4.99 Å². The highest BCUT2D eigenvalue weighted by atomic mass is 35.5. The first-order valence-corrected chi connectivity index (χ1v) is 10.4. The molecule has 0 aliphatic carbocycles. The van der Waals surface area contributed by atoms with Crippen LogP contribution < -0.4 is 5.32 Å². The van der Waals surface area contributed by atoms with Crippen molar-refractivity contribution in [1.29, 1.82) is 5.26 Å². The maximum absolute atomic E-state index is 9.35. The van der Waals surface area contributed by atoms with Gasteiger partial charge >= 0.3 is 0 Å². The van der Waals surface area contributed by atoms with E-state index in [4.69, 9.17) is 16.1 Å². The van der Waals surface area contributed by atoms with Crippen molar-refractivity contribution in [3.8, 4) is 6.19 Å². The fourth-order valence-corrected chi connectivity index (χ4v) is 3.98. The van der Waals surface area contributed by atoms with Gasteiger partial charge in [-0.3, -0.25) is 5.32 Å². The second-order valence-corrected chi connectivity index (χ2v) is 7.95. The van der Waals surface area contributed by atoms with Crippen molar-refractivity contribution in [1.82, 2.24) is 30.1 Å². The van der Waals surface area contributed by atoms with E-state index in [1.807, 2.05) is 44.3 Å². The van der Waals surface area contributed by atoms with E-state index >= 15 is 0 Å². The van der Waals surface area contributed by atoms with Crippen molar-refractivity contribution < 1.29 is 4.52 Å². The van der Waals surface area contributed by atoms with E-state index < -0.39 is 0 Å². The number of aromatic nitrogens is 4. The molecule has 10 heteroatoms. The van der Waals surface area contributed by atoms with Crippen LogP contribution in [0.1, 0.15) is 47.5 Å². The van der Waals surface area contributed by atoms with E-state index in [2.05, 4.69) is 35.1 Å². The highest BCUT2D eigenvalue weighted by Crippen LogP contribution is 2.33. The number of hydrogen-bond acceptors (Lipinski definition) is 6. The van der Waals surface area contributed by atoms with Crippen LogP contribution in [-0.2, 0) is 6.54 Å². The molecule has 1 aliphatic heterocycles. The number of aryl methyl sites for hydroxylation is 3. The fourth-order valence-electron chi connectivity index (χ4n) is 3.86. The monoisotopic (exact) mass is 438 g/mol. The Bertz CT molecular complexity index is 1120. The zero-order valence-electron chi connectivity index (χ0n) is 17.6. The minimum atomic E-state index is -0.0615. The third-order valence-electron chi connectivity index (χ3n) is 5.42. The summed E-state index contributed by atoms with van der Waals surface area (Å²) >= 11 is 6.03. The van der Waals surface area contributed by atoms with Gasteiger partial charge in [0, 0.05) is 11.6 Å². The third kappa shape index (κ3) is 4.25. The van der Waals surface area contributed by atoms with E-state index in [9.17, 15) is 5.26 Å². The Morgan fingerprint density at radius 3 is 2.74 bits per heavy atom. The first kappa shape index (κ1) is 20.9. The molecule has 160 valence electrons. The Morgan fingerprint density at radius 2 is 2.06 bits per heavy atom. The fraction of sp³-hybridized carbons (Fsp3) is 0.381. The molecular formula is C21H23ClN8O. The number of hydrogen-bond donors (Lipinski definition) is 1. The number of benzene rings is 1. The number of aliphatic imine (C=N–C) groups is 1. The van der Waals surface area contributed by atoms with Gasteiger partial charge in [-0.05, 0) is 51.3 Å². The summed E-state index contributed by atoms with van der Waals surface area (Å²) in [6.07, 6.45) is 3.84. The maximum atomic E-state index is 9.35. The van der Waals surface area contributed by atoms with Crippen LogP contribution in [0.25, 0.3) is 0 Å². The summed E-state index contributed by atoms with van der Waals surface area (Å²) in [5.74, 6) is 2.73. The number of nitriles is 1. The van der Waals surface area contributed by atoms with Crippen LogP contribution in [-0.4, -0.2) is 37.3 Å². The normalized spacial score (nSPS) is 16.5. The molecule has 9 nitrogen and oxygen atoms in total. The molecule has 1 atom stereocenters. The summed E-state index contributed by atoms with van der Waals surface area (Å²) in [6, 6.07) is 7.69. The summed E-state index contributed by atoms with van der Waals surface area (Å²) in [5, 5.41) is 25.6. The van der Waals surface area contributed by atoms with Crippen molar-refractivity contribution in [2.75, 3.05) is 6.54 Å². The minimum Gasteiger partial charge on any atom is -0.359 e. The lowest BCUT2D eigenvalue weighted by Crippen LogP contribution is -2.39. The molecule has 1 fully saturated rings. The largest absolute Gasteiger partial charge is 0.359 e. The van der Waals surface area contributed by atoms with Crippen molar-refractivity contribution in [2.45, 2.75) is 46.2 Å². The van der Waals surface area contributed by atoms with Crippen molar-refractivity contribution >= 4 is 23.2 Å². The van der Waals surface area contributed by atoms with Crippen molar-refractivity contribution in [3.05, 3.63) is 58.0 Å². The third-order valence-corrected chi connectivity index (χ3v) is 5.67. The summed E-state index contributed by atoms with van der Waals surface area (Å²) in [4.78, 5) is 6.74. The van der Waals surface area contributed by atoms with Gasteiger partial charge < -0.3 is 14.0 Å². The molecule has 0 unspecified atom stereocenters. The van der Waals surface area contributed by atoms with Crippen LogP contribution in [0.2, 0.25) is 5.02 Å². The van der Waals surface area contributed by atoms with Crippen LogP contribution in [0.5, 0.6) is 0 Å². The van der Waals surface area contributed by atoms with Crippen LogP contribution in [0, 0.1) is 32.2 Å². The lowest BCUT2D eigenvalue weighted by Gasteiger charge is -2.26. The van der Waals surface area contributed by atoms with E-state index in [1.165, 1.54) is 0 Å². The number of likely N-dealkylation sites (tertiary alicyclic amines) is 1. The summed E-state index contributed by atoms with van der Waals surface area (Å²) < 4.78 is 7.33. The molecule has 1 saturated heterocycles. The van der Waals surface area contributed by atoms with Gasteiger partial charge in [0.05, 0.1) is 12.6 Å². The summed E-state index contributed by atoms with van der Waals surface area (Å²) in [6.45, 7) is 6.95. The van der Waals surface area contributed by atoms with Gasteiger partial charge in [-0.1, -0.05) is 28.9 Å². The highest BCUT2D eigenvalue weighted by molar-refractivity contribution is 6.30. The number of guanidine groups is 1. The molecule has 2 aromatic heterocycles. The topological polar surface area (TPSA) is 108 Å². The Kier molecular flexibility index (Phi) is 5.91. The molecule has 4 rings (SSSR count). The van der Waals surface area contributed by atoms with E-state index in [0.717, 1.165) is 36.6 Å². The predicted molar refractivity (Wildman–Crippen MR) is 116 cm³/mol. The molecule has 0 amide bonds. The number of rotatable bonds is 4. The number of nitrogens with one attached hydrogen (secondary N) is 1. The van der Waals surface area contributed by atoms with Gasteiger partial charge in [0.2, 0.25) is 5.96 Å². The van der Waals surface area contributed by atoms with Gasteiger partial charge in [0.25, 0.3) is 0 Å². The van der Waals surface area contributed by atoms with Gasteiger partial charge in [-0.15, -0.1) is 10.2 Å². The van der Waals surface area contributed by atoms with E-state index in [0.29, 0.717) is 34.7 Å². The number of halogens is 1. The maximum Gasteiger partial charge on any atom is 0.213 e. The second kappa shape index (κ2) is 8.78. The average Bonchev–Trinajstić information content (AvgIpc) is 3.45. The summed E-state index contributed by atoms with van der Waals surface area (Å²) in [7, 11) is 0. The molecule has 1 N–H and O–H groups in total. The molecule has 3 heterocycles. The lowest BCUT2D eigenvalue weighted by molar-refractivity contribution is 0.364. The van der Waals surface area contributed by atoms with Crippen LogP contribution in [0.4, 0.5) is 5.69 Å². The molecule has 31 heavy (non-hydrogen) atoms. The standard InChI is InChI=1S/C21H23ClN8O/c1-13-19(14(2)31-28-13)25-21(24-12-23)29-10-4-5-18(29)20-27-26-15(3)30(20)11-16-6-8-17(22)9-7-16/h6-9,18H,4-5,10-11H2,1-3H3,(H,24,25)/t18-/m1/s1. The van der Waals surface area contributed by atoms with Crippen molar-refractivity contribution in [3.63, 3.8) is 0 Å². The first-order chi connectivity index (χ1) is 15.0. The molecule has 0 saturated carbocycles. The SMILES string of the molecule is Cc1noc(C)c1N=C(NC#N)N1CCC[C@@H]1c1nnc(C)n1Cc1ccc(Cl)cc1. The number of nitrogens with zero attached hydrogens (tertiary/aromatic N) is 7. The minimum absolute atomic E-state index is 0.0615. The first-order valence-electron chi connectivity index (χ1n) is 10.1. The predicted octanol–water partition coefficient (Wildman–Crippen LogP) is 3.79. The Balaban J connectivity index is 1.68. The Hall–Kier alpha value is -3.38. The Labute approximate surface area is 185 Å². The highest BCUT2D eigenvalue weighted by Gasteiger charge is 2.33. The quantitative estimate of drug-likeness (QED) is 0.285. The molecular weight excluding hydrogens is 416 g/mol. The molecule has 0 radical (unpaired) electrons. The van der Waals surface area contributed by atoms with Gasteiger partial charge in [-0.25, -0.2) is 4.99 Å². The average molecular weight is 439 g/mol. The summed E-state index contributed by atoms with van der Waals surface area (Å²) in [5.41, 5.74) is 2.41. The van der Waals surface area contributed by atoms with E-state index in [1.54, 1.807) is 6.92 Å². The molecule has 1 aliphatic rings. The van der Waals surface area contributed by atoms with Gasteiger partial charge in [0.15, 0.2) is 17.8 Å². The molecule has 0 bridgehead atoms. The van der Waals surface area contributed by atoms with E-state index in [-0.39, 0.29) is 6.04 Å².